The van der Waals surface area contributed by atoms with Crippen molar-refractivity contribution in [2.24, 2.45) is 0 Å². The Labute approximate surface area is 209 Å². The standard InChI is InChI=1S/C22H26Cl3N3O4S/c1-5-19(22(30)26-3)27(12-15-9-10-17(24)18(25)11-15)21(29)13-28(33(4,31)32)20-8-6-7-16(23)14(20)2/h6-11,19H,5,12-13H2,1-4H3,(H,26,30)/t19-/m0/s1. The number of amides is 2. The summed E-state index contributed by atoms with van der Waals surface area (Å²) in [7, 11) is -2.36. The summed E-state index contributed by atoms with van der Waals surface area (Å²) in [6.07, 6.45) is 1.34. The lowest BCUT2D eigenvalue weighted by Crippen LogP contribution is -2.51. The zero-order valence-electron chi connectivity index (χ0n) is 18.7. The summed E-state index contributed by atoms with van der Waals surface area (Å²) < 4.78 is 26.2. The highest BCUT2D eigenvalue weighted by atomic mass is 35.5. The number of nitrogens with zero attached hydrogens (tertiary/aromatic N) is 2. The first-order valence-corrected chi connectivity index (χ1v) is 13.1. The third-order valence-corrected chi connectivity index (χ3v) is 7.43. The summed E-state index contributed by atoms with van der Waals surface area (Å²) in [6.45, 7) is 2.97. The number of hydrogen-bond donors (Lipinski definition) is 1. The summed E-state index contributed by atoms with van der Waals surface area (Å²) in [5.74, 6) is -0.919. The Morgan fingerprint density at radius 1 is 1.06 bits per heavy atom. The number of halogens is 3. The summed E-state index contributed by atoms with van der Waals surface area (Å²) >= 11 is 18.3. The maximum Gasteiger partial charge on any atom is 0.244 e. The van der Waals surface area contributed by atoms with Crippen LogP contribution in [0.4, 0.5) is 5.69 Å². The molecular weight excluding hydrogens is 509 g/mol. The van der Waals surface area contributed by atoms with Crippen molar-refractivity contribution >= 4 is 62.3 Å². The molecule has 7 nitrogen and oxygen atoms in total. The first kappa shape index (κ1) is 27.2. The molecule has 2 amide bonds. The minimum absolute atomic E-state index is 0.0355. The summed E-state index contributed by atoms with van der Waals surface area (Å²) in [4.78, 5) is 27.4. The van der Waals surface area contributed by atoms with Crippen LogP contribution in [-0.4, -0.2) is 51.0 Å². The van der Waals surface area contributed by atoms with Crippen LogP contribution in [0.1, 0.15) is 24.5 Å². The van der Waals surface area contributed by atoms with Gasteiger partial charge in [-0.2, -0.15) is 0 Å². The van der Waals surface area contributed by atoms with E-state index >= 15 is 0 Å². The number of likely N-dealkylation sites (N-methyl/N-ethyl adjacent to an activating group) is 1. The molecule has 0 aliphatic rings. The van der Waals surface area contributed by atoms with Crippen molar-refractivity contribution in [3.8, 4) is 0 Å². The Morgan fingerprint density at radius 3 is 2.27 bits per heavy atom. The highest BCUT2D eigenvalue weighted by Crippen LogP contribution is 2.29. The Morgan fingerprint density at radius 2 is 1.73 bits per heavy atom. The smallest absolute Gasteiger partial charge is 0.244 e. The number of anilines is 1. The summed E-state index contributed by atoms with van der Waals surface area (Å²) in [5.41, 5.74) is 1.46. The number of carbonyl (C=O) groups is 2. The van der Waals surface area contributed by atoms with E-state index in [9.17, 15) is 18.0 Å². The predicted molar refractivity (Wildman–Crippen MR) is 134 cm³/mol. The Kier molecular flexibility index (Phi) is 9.43. The van der Waals surface area contributed by atoms with Gasteiger partial charge in [-0.05, 0) is 48.7 Å². The van der Waals surface area contributed by atoms with E-state index in [2.05, 4.69) is 5.32 Å². The van der Waals surface area contributed by atoms with Gasteiger partial charge in [-0.25, -0.2) is 8.42 Å². The molecule has 0 heterocycles. The molecule has 0 bridgehead atoms. The molecule has 0 aromatic heterocycles. The van der Waals surface area contributed by atoms with E-state index in [1.165, 1.54) is 11.9 Å². The van der Waals surface area contributed by atoms with Gasteiger partial charge in [0.1, 0.15) is 12.6 Å². The fraction of sp³-hybridized carbons (Fsp3) is 0.364. The summed E-state index contributed by atoms with van der Waals surface area (Å²) in [6, 6.07) is 8.91. The van der Waals surface area contributed by atoms with E-state index in [0.29, 0.717) is 38.3 Å². The van der Waals surface area contributed by atoms with Crippen LogP contribution in [0, 0.1) is 6.92 Å². The van der Waals surface area contributed by atoms with Gasteiger partial charge in [0.25, 0.3) is 0 Å². The Balaban J connectivity index is 2.49. The first-order valence-electron chi connectivity index (χ1n) is 10.1. The van der Waals surface area contributed by atoms with Crippen molar-refractivity contribution in [2.75, 3.05) is 24.2 Å². The fourth-order valence-corrected chi connectivity index (χ4v) is 4.77. The first-order chi connectivity index (χ1) is 15.4. The molecule has 2 aromatic carbocycles. The molecule has 1 N–H and O–H groups in total. The van der Waals surface area contributed by atoms with Crippen molar-refractivity contribution in [2.45, 2.75) is 32.9 Å². The van der Waals surface area contributed by atoms with Crippen LogP contribution in [0.5, 0.6) is 0 Å². The zero-order chi connectivity index (χ0) is 24.9. The van der Waals surface area contributed by atoms with Crippen molar-refractivity contribution in [1.82, 2.24) is 10.2 Å². The number of benzene rings is 2. The van der Waals surface area contributed by atoms with Gasteiger partial charge in [0.2, 0.25) is 21.8 Å². The maximum absolute atomic E-state index is 13.5. The van der Waals surface area contributed by atoms with Crippen LogP contribution in [0.3, 0.4) is 0 Å². The third kappa shape index (κ3) is 6.76. The molecule has 1 atom stereocenters. The van der Waals surface area contributed by atoms with Crippen molar-refractivity contribution in [3.63, 3.8) is 0 Å². The van der Waals surface area contributed by atoms with Gasteiger partial charge in [-0.15, -0.1) is 0 Å². The Bertz CT molecular complexity index is 1140. The molecule has 0 radical (unpaired) electrons. The minimum atomic E-state index is -3.84. The number of carbonyl (C=O) groups excluding carboxylic acids is 2. The van der Waals surface area contributed by atoms with Crippen molar-refractivity contribution < 1.29 is 18.0 Å². The molecule has 0 unspecified atom stereocenters. The summed E-state index contributed by atoms with van der Waals surface area (Å²) in [5, 5.41) is 3.60. The highest BCUT2D eigenvalue weighted by Gasteiger charge is 2.32. The number of rotatable bonds is 9. The van der Waals surface area contributed by atoms with E-state index in [4.69, 9.17) is 34.8 Å². The SMILES string of the molecule is CC[C@@H](C(=O)NC)N(Cc1ccc(Cl)c(Cl)c1)C(=O)CN(c1cccc(Cl)c1C)S(C)(=O)=O. The molecule has 0 saturated heterocycles. The van der Waals surface area contributed by atoms with E-state index in [-0.39, 0.29) is 12.5 Å². The molecule has 0 spiro atoms. The van der Waals surface area contributed by atoms with E-state index < -0.39 is 28.5 Å². The molecule has 33 heavy (non-hydrogen) atoms. The van der Waals surface area contributed by atoms with Crippen LogP contribution >= 0.6 is 34.8 Å². The lowest BCUT2D eigenvalue weighted by atomic mass is 10.1. The van der Waals surface area contributed by atoms with Gasteiger partial charge in [0, 0.05) is 18.6 Å². The topological polar surface area (TPSA) is 86.8 Å². The highest BCUT2D eigenvalue weighted by molar-refractivity contribution is 7.92. The molecule has 0 fully saturated rings. The van der Waals surface area contributed by atoms with Crippen LogP contribution < -0.4 is 9.62 Å². The number of hydrogen-bond acceptors (Lipinski definition) is 4. The number of sulfonamides is 1. The van der Waals surface area contributed by atoms with Gasteiger partial charge >= 0.3 is 0 Å². The van der Waals surface area contributed by atoms with Crippen molar-refractivity contribution in [1.29, 1.82) is 0 Å². The molecular formula is C22H26Cl3N3O4S. The van der Waals surface area contributed by atoms with E-state index in [1.807, 2.05) is 0 Å². The van der Waals surface area contributed by atoms with Gasteiger partial charge < -0.3 is 10.2 Å². The molecule has 2 rings (SSSR count). The van der Waals surface area contributed by atoms with Gasteiger partial charge in [-0.1, -0.05) is 53.9 Å². The van der Waals surface area contributed by atoms with E-state index in [0.717, 1.165) is 10.6 Å². The zero-order valence-corrected chi connectivity index (χ0v) is 21.8. The third-order valence-electron chi connectivity index (χ3n) is 5.16. The monoisotopic (exact) mass is 533 g/mol. The maximum atomic E-state index is 13.5. The average Bonchev–Trinajstić information content (AvgIpc) is 2.75. The normalized spacial score (nSPS) is 12.2. The van der Waals surface area contributed by atoms with Crippen LogP contribution in [0.2, 0.25) is 15.1 Å². The molecule has 0 aliphatic heterocycles. The van der Waals surface area contributed by atoms with Gasteiger partial charge in [0.15, 0.2) is 0 Å². The largest absolute Gasteiger partial charge is 0.357 e. The molecule has 0 aliphatic carbocycles. The lowest BCUT2D eigenvalue weighted by Gasteiger charge is -2.33. The quantitative estimate of drug-likeness (QED) is 0.520. The second kappa shape index (κ2) is 11.4. The van der Waals surface area contributed by atoms with Crippen LogP contribution in [0.25, 0.3) is 0 Å². The average molecular weight is 535 g/mol. The van der Waals surface area contributed by atoms with Crippen LogP contribution in [-0.2, 0) is 26.2 Å². The van der Waals surface area contributed by atoms with Gasteiger partial charge in [0.05, 0.1) is 22.0 Å². The van der Waals surface area contributed by atoms with Crippen molar-refractivity contribution in [3.05, 3.63) is 62.6 Å². The Hall–Kier alpha value is -2.00. The fourth-order valence-electron chi connectivity index (χ4n) is 3.38. The molecule has 180 valence electrons. The molecule has 11 heteroatoms. The van der Waals surface area contributed by atoms with E-state index in [1.54, 1.807) is 50.2 Å². The van der Waals surface area contributed by atoms with Crippen LogP contribution in [0.15, 0.2) is 36.4 Å². The number of nitrogens with one attached hydrogen (secondary N) is 1. The second-order valence-corrected chi connectivity index (χ2v) is 10.6. The second-order valence-electron chi connectivity index (χ2n) is 7.46. The predicted octanol–water partition coefficient (Wildman–Crippen LogP) is 4.27. The van der Waals surface area contributed by atoms with Gasteiger partial charge in [-0.3, -0.25) is 13.9 Å². The molecule has 0 saturated carbocycles. The lowest BCUT2D eigenvalue weighted by molar-refractivity contribution is -0.140. The minimum Gasteiger partial charge on any atom is -0.357 e. The molecule has 2 aromatic rings.